The fourth-order valence-corrected chi connectivity index (χ4v) is 4.40. The van der Waals surface area contributed by atoms with E-state index in [1.165, 1.54) is 0 Å². The first kappa shape index (κ1) is 19.9. The van der Waals surface area contributed by atoms with E-state index in [0.29, 0.717) is 17.9 Å². The molecular weight excluding hydrogens is 436 g/mol. The highest BCUT2D eigenvalue weighted by Crippen LogP contribution is 2.36. The summed E-state index contributed by atoms with van der Waals surface area (Å²) in [6.45, 7) is 1.47. The number of hydrogen-bond acceptors (Lipinski definition) is 4. The van der Waals surface area contributed by atoms with Gasteiger partial charge in [-0.25, -0.2) is 0 Å². The normalized spacial score (nSPS) is 20.6. The van der Waals surface area contributed by atoms with E-state index in [4.69, 9.17) is 9.47 Å². The maximum atomic E-state index is 13.1. The molecule has 6 nitrogen and oxygen atoms in total. The highest BCUT2D eigenvalue weighted by molar-refractivity contribution is 9.10. The summed E-state index contributed by atoms with van der Waals surface area (Å²) in [5.74, 6) is 0.336. The number of ether oxygens (including phenoxy) is 2. The fraction of sp³-hybridized carbons (Fsp3) is 0.364. The van der Waals surface area contributed by atoms with Gasteiger partial charge in [0, 0.05) is 28.8 Å². The maximum Gasteiger partial charge on any atom is 0.255 e. The molecule has 29 heavy (non-hydrogen) atoms. The minimum absolute atomic E-state index is 0.0462. The molecule has 0 saturated carbocycles. The van der Waals surface area contributed by atoms with E-state index in [1.807, 2.05) is 36.4 Å². The lowest BCUT2D eigenvalue weighted by atomic mass is 10.0. The van der Waals surface area contributed by atoms with Gasteiger partial charge in [0.25, 0.3) is 5.91 Å². The predicted molar refractivity (Wildman–Crippen MR) is 112 cm³/mol. The number of nitrogens with zero attached hydrogens (tertiary/aromatic N) is 1. The molecule has 2 aromatic rings. The lowest BCUT2D eigenvalue weighted by molar-refractivity contribution is -0.126. The zero-order chi connectivity index (χ0) is 20.4. The molecule has 2 aliphatic rings. The number of hydrogen-bond donors (Lipinski definition) is 1. The smallest absolute Gasteiger partial charge is 0.255 e. The Hall–Kier alpha value is -2.38. The van der Waals surface area contributed by atoms with Gasteiger partial charge in [-0.05, 0) is 42.7 Å². The number of amides is 2. The summed E-state index contributed by atoms with van der Waals surface area (Å²) in [6.07, 6.45) is 2.00. The van der Waals surface area contributed by atoms with Gasteiger partial charge in [-0.3, -0.25) is 9.59 Å². The highest BCUT2D eigenvalue weighted by Gasteiger charge is 2.41. The van der Waals surface area contributed by atoms with Gasteiger partial charge in [0.2, 0.25) is 5.91 Å². The number of carbonyl (C=O) groups excluding carboxylic acids is 2. The summed E-state index contributed by atoms with van der Waals surface area (Å²) in [6, 6.07) is 12.3. The van der Waals surface area contributed by atoms with Gasteiger partial charge >= 0.3 is 0 Å². The van der Waals surface area contributed by atoms with Crippen molar-refractivity contribution in [2.75, 3.05) is 20.3 Å². The minimum atomic E-state index is -0.677. The van der Waals surface area contributed by atoms with Crippen LogP contribution in [-0.4, -0.2) is 43.1 Å². The van der Waals surface area contributed by atoms with E-state index in [0.717, 1.165) is 35.0 Å². The average Bonchev–Trinajstić information content (AvgIpc) is 3.34. The molecule has 0 spiro atoms. The number of halogens is 1. The monoisotopic (exact) mass is 458 g/mol. The van der Waals surface area contributed by atoms with Crippen molar-refractivity contribution in [3.05, 3.63) is 63.6 Å². The molecule has 0 bridgehead atoms. The number of rotatable bonds is 6. The van der Waals surface area contributed by atoms with Crippen LogP contribution >= 0.6 is 15.9 Å². The zero-order valence-electron chi connectivity index (χ0n) is 16.2. The van der Waals surface area contributed by atoms with Crippen LogP contribution in [0.25, 0.3) is 0 Å². The average molecular weight is 459 g/mol. The molecule has 2 heterocycles. The molecule has 0 radical (unpaired) electrons. The summed E-state index contributed by atoms with van der Waals surface area (Å²) in [7, 11) is 1.60. The first-order chi connectivity index (χ1) is 14.1. The molecule has 2 aliphatic heterocycles. The first-order valence-corrected chi connectivity index (χ1v) is 10.5. The van der Waals surface area contributed by atoms with Crippen LogP contribution in [0.1, 0.15) is 40.4 Å². The van der Waals surface area contributed by atoms with E-state index in [9.17, 15) is 9.59 Å². The van der Waals surface area contributed by atoms with Gasteiger partial charge < -0.3 is 19.7 Å². The number of carbonyl (C=O) groups is 2. The van der Waals surface area contributed by atoms with Gasteiger partial charge in [-0.1, -0.05) is 34.1 Å². The third-order valence-corrected chi connectivity index (χ3v) is 5.91. The van der Waals surface area contributed by atoms with E-state index in [-0.39, 0.29) is 24.5 Å². The van der Waals surface area contributed by atoms with Gasteiger partial charge in [-0.15, -0.1) is 0 Å². The number of fused-ring (bicyclic) bond motifs is 1. The van der Waals surface area contributed by atoms with E-state index in [2.05, 4.69) is 21.2 Å². The Balaban J connectivity index is 1.61. The van der Waals surface area contributed by atoms with Crippen molar-refractivity contribution in [3.63, 3.8) is 0 Å². The molecule has 4 rings (SSSR count). The van der Waals surface area contributed by atoms with Crippen molar-refractivity contribution < 1.29 is 19.1 Å². The van der Waals surface area contributed by atoms with E-state index >= 15 is 0 Å². The molecular formula is C22H23BrN2O4. The molecule has 2 aromatic carbocycles. The predicted octanol–water partition coefficient (Wildman–Crippen LogP) is 3.45. The highest BCUT2D eigenvalue weighted by atomic mass is 79.9. The molecule has 1 fully saturated rings. The molecule has 7 heteroatoms. The molecule has 1 saturated heterocycles. The Morgan fingerprint density at radius 3 is 2.90 bits per heavy atom. The molecule has 1 N–H and O–H groups in total. The second kappa shape index (κ2) is 8.55. The summed E-state index contributed by atoms with van der Waals surface area (Å²) in [5.41, 5.74) is 2.13. The SMILES string of the molecule is COc1ccc(Br)cc1CN1C(=O)c2ccccc2C1C(=O)NCC1CCCO1. The van der Waals surface area contributed by atoms with Crippen LogP contribution in [0.4, 0.5) is 0 Å². The molecule has 2 amide bonds. The van der Waals surface area contributed by atoms with E-state index in [1.54, 1.807) is 18.1 Å². The Morgan fingerprint density at radius 1 is 1.31 bits per heavy atom. The molecule has 0 aliphatic carbocycles. The zero-order valence-corrected chi connectivity index (χ0v) is 17.8. The van der Waals surface area contributed by atoms with Crippen LogP contribution in [0.3, 0.4) is 0 Å². The van der Waals surface area contributed by atoms with Gasteiger partial charge in [0.05, 0.1) is 19.8 Å². The number of nitrogens with one attached hydrogen (secondary N) is 1. The minimum Gasteiger partial charge on any atom is -0.496 e. The summed E-state index contributed by atoms with van der Waals surface area (Å²) >= 11 is 3.47. The third-order valence-electron chi connectivity index (χ3n) is 5.42. The second-order valence-electron chi connectivity index (χ2n) is 7.26. The second-order valence-corrected chi connectivity index (χ2v) is 8.17. The van der Waals surface area contributed by atoms with Crippen molar-refractivity contribution in [2.45, 2.75) is 31.5 Å². The molecule has 0 aromatic heterocycles. The van der Waals surface area contributed by atoms with Crippen molar-refractivity contribution in [2.24, 2.45) is 0 Å². The van der Waals surface area contributed by atoms with Crippen molar-refractivity contribution in [1.29, 1.82) is 0 Å². The van der Waals surface area contributed by atoms with Crippen LogP contribution in [0.5, 0.6) is 5.75 Å². The Bertz CT molecular complexity index is 927. The topological polar surface area (TPSA) is 67.9 Å². The van der Waals surface area contributed by atoms with Crippen LogP contribution < -0.4 is 10.1 Å². The Morgan fingerprint density at radius 2 is 2.14 bits per heavy atom. The third kappa shape index (κ3) is 4.02. The molecule has 2 unspecified atom stereocenters. The van der Waals surface area contributed by atoms with E-state index < -0.39 is 6.04 Å². The lowest BCUT2D eigenvalue weighted by Gasteiger charge is -2.26. The Labute approximate surface area is 178 Å². The van der Waals surface area contributed by atoms with Gasteiger partial charge in [-0.2, -0.15) is 0 Å². The fourth-order valence-electron chi connectivity index (χ4n) is 3.99. The van der Waals surface area contributed by atoms with Gasteiger partial charge in [0.1, 0.15) is 11.8 Å². The number of benzene rings is 2. The van der Waals surface area contributed by atoms with Crippen molar-refractivity contribution in [3.8, 4) is 5.75 Å². The van der Waals surface area contributed by atoms with Crippen molar-refractivity contribution in [1.82, 2.24) is 10.2 Å². The maximum absolute atomic E-state index is 13.1. The molecule has 152 valence electrons. The van der Waals surface area contributed by atoms with Crippen LogP contribution in [-0.2, 0) is 16.1 Å². The summed E-state index contributed by atoms with van der Waals surface area (Å²) in [4.78, 5) is 27.9. The first-order valence-electron chi connectivity index (χ1n) is 9.70. The van der Waals surface area contributed by atoms with Crippen molar-refractivity contribution >= 4 is 27.7 Å². The Kier molecular flexibility index (Phi) is 5.87. The quantitative estimate of drug-likeness (QED) is 0.719. The van der Waals surface area contributed by atoms with Crippen LogP contribution in [0, 0.1) is 0 Å². The standard InChI is InChI=1S/C22H23BrN2O4/c1-28-19-9-8-15(23)11-14(19)13-25-20(17-6-2-3-7-18(17)22(25)27)21(26)24-12-16-5-4-10-29-16/h2-3,6-9,11,16,20H,4-5,10,12-13H2,1H3,(H,24,26). The summed E-state index contributed by atoms with van der Waals surface area (Å²) < 4.78 is 11.9. The van der Waals surface area contributed by atoms with Crippen LogP contribution in [0.15, 0.2) is 46.9 Å². The molecule has 2 atom stereocenters. The van der Waals surface area contributed by atoms with Gasteiger partial charge in [0.15, 0.2) is 0 Å². The number of methoxy groups -OCH3 is 1. The largest absolute Gasteiger partial charge is 0.496 e. The van der Waals surface area contributed by atoms with Crippen LogP contribution in [0.2, 0.25) is 0 Å². The summed E-state index contributed by atoms with van der Waals surface area (Å²) in [5, 5.41) is 2.99. The lowest BCUT2D eigenvalue weighted by Crippen LogP contribution is -2.41.